The molecule has 6 nitrogen and oxygen atoms in total. The van der Waals surface area contributed by atoms with Gasteiger partial charge in [-0.15, -0.1) is 0 Å². The predicted octanol–water partition coefficient (Wildman–Crippen LogP) is -0.212. The van der Waals surface area contributed by atoms with Crippen molar-refractivity contribution in [1.29, 1.82) is 0 Å². The standard InChI is InChI=1S/C14H23F3N2O4/c1-2-11(21)18-9-7-19(6-4-3-5-14(15,16)17)10(8-20)13(23)12(9)22/h3,5,9-10,12-13,20,22-23H,2,4,6-8H2,1H3,(H,18,21)/b5-3-/t9?,10-,12-,13-/m1/s1. The van der Waals surface area contributed by atoms with Crippen molar-refractivity contribution in [3.05, 3.63) is 12.2 Å². The van der Waals surface area contributed by atoms with Gasteiger partial charge in [0.25, 0.3) is 0 Å². The average molecular weight is 340 g/mol. The third-order valence-electron chi connectivity index (χ3n) is 3.80. The minimum absolute atomic E-state index is 0.0628. The van der Waals surface area contributed by atoms with Crippen LogP contribution in [0.25, 0.3) is 0 Å². The lowest BCUT2D eigenvalue weighted by molar-refractivity contribution is -0.130. The molecule has 0 aliphatic carbocycles. The Bertz CT molecular complexity index is 417. The fourth-order valence-corrected chi connectivity index (χ4v) is 2.56. The second-order valence-corrected chi connectivity index (χ2v) is 5.49. The van der Waals surface area contributed by atoms with Crippen molar-refractivity contribution in [1.82, 2.24) is 10.2 Å². The SMILES string of the molecule is CCC(=O)NC1CN(CC/C=C\C(F)(F)F)[C@H](CO)[C@@H](O)[C@@H]1O. The summed E-state index contributed by atoms with van der Waals surface area (Å²) in [6.07, 6.45) is -5.57. The van der Waals surface area contributed by atoms with Crippen molar-refractivity contribution in [2.24, 2.45) is 0 Å². The van der Waals surface area contributed by atoms with E-state index >= 15 is 0 Å². The van der Waals surface area contributed by atoms with Gasteiger partial charge in [0.2, 0.25) is 5.91 Å². The van der Waals surface area contributed by atoms with Gasteiger partial charge in [0, 0.05) is 25.6 Å². The van der Waals surface area contributed by atoms with Crippen LogP contribution in [-0.2, 0) is 4.79 Å². The predicted molar refractivity (Wildman–Crippen MR) is 76.5 cm³/mol. The molecule has 0 aromatic carbocycles. The molecule has 4 N–H and O–H groups in total. The van der Waals surface area contributed by atoms with Crippen LogP contribution in [0.3, 0.4) is 0 Å². The van der Waals surface area contributed by atoms with E-state index in [1.54, 1.807) is 11.8 Å². The molecule has 1 amide bonds. The van der Waals surface area contributed by atoms with E-state index in [-0.39, 0.29) is 37.9 Å². The summed E-state index contributed by atoms with van der Waals surface area (Å²) in [6, 6.07) is -1.54. The number of hydrogen-bond acceptors (Lipinski definition) is 5. The number of nitrogens with one attached hydrogen (secondary N) is 1. The van der Waals surface area contributed by atoms with E-state index in [1.807, 2.05) is 0 Å². The minimum Gasteiger partial charge on any atom is -0.395 e. The molecule has 134 valence electrons. The largest absolute Gasteiger partial charge is 0.409 e. The number of amides is 1. The number of carbonyl (C=O) groups excluding carboxylic acids is 1. The van der Waals surface area contributed by atoms with E-state index in [1.165, 1.54) is 0 Å². The lowest BCUT2D eigenvalue weighted by atomic mass is 9.92. The van der Waals surface area contributed by atoms with Gasteiger partial charge >= 0.3 is 6.18 Å². The molecule has 4 atom stereocenters. The van der Waals surface area contributed by atoms with E-state index in [4.69, 9.17) is 0 Å². The lowest BCUT2D eigenvalue weighted by Gasteiger charge is -2.45. The molecule has 23 heavy (non-hydrogen) atoms. The van der Waals surface area contributed by atoms with Crippen molar-refractivity contribution >= 4 is 5.91 Å². The van der Waals surface area contributed by atoms with Crippen LogP contribution in [0.15, 0.2) is 12.2 Å². The van der Waals surface area contributed by atoms with Gasteiger partial charge in [-0.25, -0.2) is 0 Å². The second-order valence-electron chi connectivity index (χ2n) is 5.49. The second kappa shape index (κ2) is 8.62. The molecular weight excluding hydrogens is 317 g/mol. The zero-order valence-electron chi connectivity index (χ0n) is 12.8. The van der Waals surface area contributed by atoms with Crippen molar-refractivity contribution in [2.45, 2.75) is 50.2 Å². The summed E-state index contributed by atoms with van der Waals surface area (Å²) in [7, 11) is 0. The van der Waals surface area contributed by atoms with Crippen LogP contribution >= 0.6 is 0 Å². The summed E-state index contributed by atoms with van der Waals surface area (Å²) in [5, 5.41) is 32.0. The first kappa shape index (κ1) is 19.9. The average Bonchev–Trinajstić information content (AvgIpc) is 2.47. The topological polar surface area (TPSA) is 93.0 Å². The van der Waals surface area contributed by atoms with E-state index in [0.29, 0.717) is 0 Å². The Morgan fingerprint density at radius 3 is 2.52 bits per heavy atom. The zero-order chi connectivity index (χ0) is 17.6. The molecular formula is C14H23F3N2O4. The number of aliphatic hydroxyl groups excluding tert-OH is 3. The Morgan fingerprint density at radius 1 is 1.35 bits per heavy atom. The van der Waals surface area contributed by atoms with Crippen molar-refractivity contribution in [2.75, 3.05) is 19.7 Å². The van der Waals surface area contributed by atoms with Gasteiger partial charge in [0.1, 0.15) is 6.10 Å². The number of halogens is 3. The molecule has 0 radical (unpaired) electrons. The molecule has 0 aromatic heterocycles. The van der Waals surface area contributed by atoms with E-state index < -0.39 is 37.1 Å². The molecule has 1 heterocycles. The van der Waals surface area contributed by atoms with Crippen LogP contribution in [-0.4, -0.2) is 76.3 Å². The normalized spacial score (nSPS) is 29.9. The number of allylic oxidation sites excluding steroid dienone is 1. The summed E-state index contributed by atoms with van der Waals surface area (Å²) in [6.45, 7) is 1.47. The van der Waals surface area contributed by atoms with Crippen LogP contribution in [0.5, 0.6) is 0 Å². The van der Waals surface area contributed by atoms with Crippen LogP contribution < -0.4 is 5.32 Å². The highest BCUT2D eigenvalue weighted by Crippen LogP contribution is 2.20. The van der Waals surface area contributed by atoms with Crippen LogP contribution in [0.4, 0.5) is 13.2 Å². The number of likely N-dealkylation sites (tertiary alicyclic amines) is 1. The fourth-order valence-electron chi connectivity index (χ4n) is 2.56. The van der Waals surface area contributed by atoms with Gasteiger partial charge in [-0.2, -0.15) is 13.2 Å². The Morgan fingerprint density at radius 2 is 2.00 bits per heavy atom. The van der Waals surface area contributed by atoms with Crippen LogP contribution in [0.1, 0.15) is 19.8 Å². The fraction of sp³-hybridized carbons (Fsp3) is 0.786. The van der Waals surface area contributed by atoms with E-state index in [9.17, 15) is 33.3 Å². The molecule has 9 heteroatoms. The van der Waals surface area contributed by atoms with E-state index in [0.717, 1.165) is 6.08 Å². The maximum absolute atomic E-state index is 12.1. The van der Waals surface area contributed by atoms with Gasteiger partial charge < -0.3 is 20.6 Å². The summed E-state index contributed by atoms with van der Waals surface area (Å²) in [5.74, 6) is -0.305. The highest BCUT2D eigenvalue weighted by Gasteiger charge is 2.41. The third kappa shape index (κ3) is 6.09. The number of hydrogen-bond donors (Lipinski definition) is 4. The number of alkyl halides is 3. The molecule has 0 aromatic rings. The quantitative estimate of drug-likeness (QED) is 0.502. The van der Waals surface area contributed by atoms with Gasteiger partial charge in [-0.1, -0.05) is 13.0 Å². The first-order valence-corrected chi connectivity index (χ1v) is 7.44. The molecule has 1 rings (SSSR count). The molecule has 0 spiro atoms. The monoisotopic (exact) mass is 340 g/mol. The first-order valence-electron chi connectivity index (χ1n) is 7.44. The van der Waals surface area contributed by atoms with Crippen molar-refractivity contribution in [3.63, 3.8) is 0 Å². The zero-order valence-corrected chi connectivity index (χ0v) is 12.8. The minimum atomic E-state index is -4.38. The summed E-state index contributed by atoms with van der Waals surface area (Å²) < 4.78 is 36.2. The maximum atomic E-state index is 12.1. The van der Waals surface area contributed by atoms with Gasteiger partial charge in [0.05, 0.1) is 24.8 Å². The lowest BCUT2D eigenvalue weighted by Crippen LogP contribution is -2.66. The molecule has 1 saturated heterocycles. The first-order chi connectivity index (χ1) is 10.7. The van der Waals surface area contributed by atoms with Crippen molar-refractivity contribution in [3.8, 4) is 0 Å². The molecule has 1 aliphatic heterocycles. The van der Waals surface area contributed by atoms with Gasteiger partial charge in [-0.05, 0) is 6.42 Å². The number of piperidine rings is 1. The Balaban J connectivity index is 2.70. The number of rotatable bonds is 6. The number of aliphatic hydroxyl groups is 3. The summed E-state index contributed by atoms with van der Waals surface area (Å²) in [5.41, 5.74) is 0. The molecule has 1 aliphatic rings. The molecule has 1 unspecified atom stereocenters. The van der Waals surface area contributed by atoms with Crippen LogP contribution in [0, 0.1) is 0 Å². The number of carbonyl (C=O) groups is 1. The van der Waals surface area contributed by atoms with Gasteiger partial charge in [0.15, 0.2) is 0 Å². The molecule has 1 fully saturated rings. The summed E-state index contributed by atoms with van der Waals surface area (Å²) >= 11 is 0. The van der Waals surface area contributed by atoms with Crippen molar-refractivity contribution < 1.29 is 33.3 Å². The molecule has 0 bridgehead atoms. The highest BCUT2D eigenvalue weighted by atomic mass is 19.4. The smallest absolute Gasteiger partial charge is 0.395 e. The van der Waals surface area contributed by atoms with Gasteiger partial charge in [-0.3, -0.25) is 9.69 Å². The Hall–Kier alpha value is -1.16. The highest BCUT2D eigenvalue weighted by molar-refractivity contribution is 5.75. The molecule has 0 saturated carbocycles. The Kier molecular flexibility index (Phi) is 7.46. The third-order valence-corrected chi connectivity index (χ3v) is 3.80. The summed E-state index contributed by atoms with van der Waals surface area (Å²) in [4.78, 5) is 13.0. The Labute approximate surface area is 132 Å². The number of nitrogens with zero attached hydrogens (tertiary/aromatic N) is 1. The van der Waals surface area contributed by atoms with Crippen LogP contribution in [0.2, 0.25) is 0 Å². The van der Waals surface area contributed by atoms with E-state index in [2.05, 4.69) is 5.32 Å². The maximum Gasteiger partial charge on any atom is 0.409 e.